The highest BCUT2D eigenvalue weighted by Gasteiger charge is 2.17. The number of nitrogens with one attached hydrogen (secondary N) is 3. The fraction of sp³-hybridized carbons (Fsp3) is 0.500. The molecule has 0 saturated carbocycles. The Morgan fingerprint density at radius 2 is 2.30 bits per heavy atom. The van der Waals surface area contributed by atoms with E-state index in [9.17, 15) is 9.59 Å². The van der Waals surface area contributed by atoms with Gasteiger partial charge in [0.1, 0.15) is 0 Å². The highest BCUT2D eigenvalue weighted by atomic mass is 16.2. The molecule has 6 heteroatoms. The quantitative estimate of drug-likeness (QED) is 0.552. The van der Waals surface area contributed by atoms with Crippen molar-refractivity contribution in [2.24, 2.45) is 5.92 Å². The first-order chi connectivity index (χ1) is 9.65. The molecule has 0 radical (unpaired) electrons. The SMILES string of the molecule is Cc1cc(=O)[nH]c(NCCNC(=O)[C@H]2CC=CCC2)n1. The zero-order chi connectivity index (χ0) is 14.4. The summed E-state index contributed by atoms with van der Waals surface area (Å²) in [5, 5.41) is 5.89. The van der Waals surface area contributed by atoms with E-state index in [0.29, 0.717) is 24.7 Å². The molecule has 2 rings (SSSR count). The van der Waals surface area contributed by atoms with Crippen LogP contribution >= 0.6 is 0 Å². The van der Waals surface area contributed by atoms with E-state index < -0.39 is 0 Å². The van der Waals surface area contributed by atoms with Gasteiger partial charge in [0.25, 0.3) is 5.56 Å². The Balaban J connectivity index is 1.72. The summed E-state index contributed by atoms with van der Waals surface area (Å²) < 4.78 is 0. The van der Waals surface area contributed by atoms with Gasteiger partial charge in [-0.1, -0.05) is 12.2 Å². The molecule has 1 amide bonds. The first-order valence-electron chi connectivity index (χ1n) is 6.89. The maximum atomic E-state index is 11.9. The van der Waals surface area contributed by atoms with Gasteiger partial charge in [0.15, 0.2) is 0 Å². The zero-order valence-electron chi connectivity index (χ0n) is 11.6. The molecule has 20 heavy (non-hydrogen) atoms. The number of hydrogen-bond donors (Lipinski definition) is 3. The van der Waals surface area contributed by atoms with Gasteiger partial charge in [0.05, 0.1) is 0 Å². The van der Waals surface area contributed by atoms with E-state index >= 15 is 0 Å². The van der Waals surface area contributed by atoms with E-state index in [4.69, 9.17) is 0 Å². The van der Waals surface area contributed by atoms with Gasteiger partial charge in [-0.3, -0.25) is 14.6 Å². The van der Waals surface area contributed by atoms with Gasteiger partial charge in [-0.05, 0) is 26.2 Å². The van der Waals surface area contributed by atoms with E-state index in [2.05, 4.69) is 32.8 Å². The predicted molar refractivity (Wildman–Crippen MR) is 77.6 cm³/mol. The third-order valence-electron chi connectivity index (χ3n) is 3.23. The molecule has 3 N–H and O–H groups in total. The minimum absolute atomic E-state index is 0.0944. The largest absolute Gasteiger partial charge is 0.354 e. The third-order valence-corrected chi connectivity index (χ3v) is 3.23. The fourth-order valence-corrected chi connectivity index (χ4v) is 2.21. The summed E-state index contributed by atoms with van der Waals surface area (Å²) in [7, 11) is 0. The molecule has 1 atom stereocenters. The molecule has 1 heterocycles. The van der Waals surface area contributed by atoms with Crippen molar-refractivity contribution in [1.29, 1.82) is 0 Å². The summed E-state index contributed by atoms with van der Waals surface area (Å²) in [5.74, 6) is 0.628. The summed E-state index contributed by atoms with van der Waals surface area (Å²) >= 11 is 0. The Labute approximate surface area is 117 Å². The normalized spacial score (nSPS) is 17.8. The fourth-order valence-electron chi connectivity index (χ4n) is 2.21. The second kappa shape index (κ2) is 6.88. The summed E-state index contributed by atoms with van der Waals surface area (Å²) in [6, 6.07) is 1.43. The van der Waals surface area contributed by atoms with Crippen molar-refractivity contribution in [1.82, 2.24) is 15.3 Å². The Morgan fingerprint density at radius 1 is 1.45 bits per heavy atom. The molecular formula is C14H20N4O2. The Bertz CT molecular complexity index is 550. The maximum Gasteiger partial charge on any atom is 0.252 e. The van der Waals surface area contributed by atoms with E-state index in [-0.39, 0.29) is 17.4 Å². The summed E-state index contributed by atoms with van der Waals surface area (Å²) in [6.07, 6.45) is 6.90. The Morgan fingerprint density at radius 3 is 3.00 bits per heavy atom. The number of carbonyl (C=O) groups is 1. The van der Waals surface area contributed by atoms with Crippen molar-refractivity contribution >= 4 is 11.9 Å². The van der Waals surface area contributed by atoms with Crippen LogP contribution in [0.4, 0.5) is 5.95 Å². The second-order valence-electron chi connectivity index (χ2n) is 4.93. The number of allylic oxidation sites excluding steroid dienone is 2. The third kappa shape index (κ3) is 4.22. The lowest BCUT2D eigenvalue weighted by Gasteiger charge is -2.17. The first-order valence-corrected chi connectivity index (χ1v) is 6.89. The number of H-pyrrole nitrogens is 1. The van der Waals surface area contributed by atoms with Crippen LogP contribution < -0.4 is 16.2 Å². The number of carbonyl (C=O) groups excluding carboxylic acids is 1. The molecule has 1 aliphatic rings. The van der Waals surface area contributed by atoms with Crippen molar-refractivity contribution in [3.63, 3.8) is 0 Å². The van der Waals surface area contributed by atoms with Gasteiger partial charge < -0.3 is 10.6 Å². The van der Waals surface area contributed by atoms with E-state index in [0.717, 1.165) is 19.3 Å². The minimum Gasteiger partial charge on any atom is -0.354 e. The van der Waals surface area contributed by atoms with Crippen molar-refractivity contribution < 1.29 is 4.79 Å². The zero-order valence-corrected chi connectivity index (χ0v) is 11.6. The summed E-state index contributed by atoms with van der Waals surface area (Å²) in [4.78, 5) is 29.9. The summed E-state index contributed by atoms with van der Waals surface area (Å²) in [5.41, 5.74) is 0.479. The molecule has 0 bridgehead atoms. The van der Waals surface area contributed by atoms with Crippen LogP contribution in [-0.4, -0.2) is 29.0 Å². The van der Waals surface area contributed by atoms with Crippen LogP contribution in [0.25, 0.3) is 0 Å². The highest BCUT2D eigenvalue weighted by Crippen LogP contribution is 2.17. The lowest BCUT2D eigenvalue weighted by Crippen LogP contribution is -2.34. The summed E-state index contributed by atoms with van der Waals surface area (Å²) in [6.45, 7) is 2.80. The van der Waals surface area contributed by atoms with Crippen molar-refractivity contribution in [3.8, 4) is 0 Å². The molecule has 1 aromatic rings. The molecule has 0 saturated heterocycles. The van der Waals surface area contributed by atoms with Crippen molar-refractivity contribution in [2.45, 2.75) is 26.2 Å². The van der Waals surface area contributed by atoms with Crippen LogP contribution in [0.3, 0.4) is 0 Å². The molecule has 0 unspecified atom stereocenters. The maximum absolute atomic E-state index is 11.9. The van der Waals surface area contributed by atoms with Crippen LogP contribution in [0.15, 0.2) is 23.0 Å². The van der Waals surface area contributed by atoms with E-state index in [1.54, 1.807) is 6.92 Å². The van der Waals surface area contributed by atoms with Crippen LogP contribution in [0.2, 0.25) is 0 Å². The standard InChI is InChI=1S/C14H20N4O2/c1-10-9-12(19)18-14(17-10)16-8-7-15-13(20)11-5-3-2-4-6-11/h2-3,9,11H,4-8H2,1H3,(H,15,20)(H2,16,17,18,19)/t11-/m0/s1. The number of amides is 1. The molecule has 6 nitrogen and oxygen atoms in total. The van der Waals surface area contributed by atoms with Gasteiger partial charge in [0.2, 0.25) is 11.9 Å². The molecule has 1 aromatic heterocycles. The lowest BCUT2D eigenvalue weighted by atomic mass is 9.94. The van der Waals surface area contributed by atoms with Gasteiger partial charge >= 0.3 is 0 Å². The monoisotopic (exact) mass is 276 g/mol. The molecule has 0 spiro atoms. The first kappa shape index (κ1) is 14.3. The average Bonchev–Trinajstić information content (AvgIpc) is 2.43. The molecule has 108 valence electrons. The lowest BCUT2D eigenvalue weighted by molar-refractivity contribution is -0.125. The van der Waals surface area contributed by atoms with Gasteiger partial charge in [-0.15, -0.1) is 0 Å². The van der Waals surface area contributed by atoms with E-state index in [1.165, 1.54) is 6.07 Å². The Hall–Kier alpha value is -2.11. The average molecular weight is 276 g/mol. The number of aromatic amines is 1. The Kier molecular flexibility index (Phi) is 4.92. The number of aromatic nitrogens is 2. The van der Waals surface area contributed by atoms with Crippen molar-refractivity contribution in [3.05, 3.63) is 34.3 Å². The van der Waals surface area contributed by atoms with Gasteiger partial charge in [0, 0.05) is 30.8 Å². The van der Waals surface area contributed by atoms with E-state index in [1.807, 2.05) is 0 Å². The van der Waals surface area contributed by atoms with Crippen LogP contribution in [-0.2, 0) is 4.79 Å². The van der Waals surface area contributed by atoms with Crippen LogP contribution in [0.5, 0.6) is 0 Å². The van der Waals surface area contributed by atoms with Gasteiger partial charge in [-0.2, -0.15) is 0 Å². The number of anilines is 1. The predicted octanol–water partition coefficient (Wildman–Crippen LogP) is 0.963. The highest BCUT2D eigenvalue weighted by molar-refractivity contribution is 5.78. The number of hydrogen-bond acceptors (Lipinski definition) is 4. The topological polar surface area (TPSA) is 86.9 Å². The van der Waals surface area contributed by atoms with Crippen LogP contribution in [0.1, 0.15) is 25.0 Å². The molecule has 0 aromatic carbocycles. The van der Waals surface area contributed by atoms with Crippen molar-refractivity contribution in [2.75, 3.05) is 18.4 Å². The minimum atomic E-state index is -0.182. The number of nitrogens with zero attached hydrogens (tertiary/aromatic N) is 1. The molecule has 0 aliphatic heterocycles. The van der Waals surface area contributed by atoms with Gasteiger partial charge in [-0.25, -0.2) is 4.98 Å². The van der Waals surface area contributed by atoms with Crippen LogP contribution in [0, 0.1) is 12.8 Å². The number of aryl methyl sites for hydroxylation is 1. The molecule has 1 aliphatic carbocycles. The smallest absolute Gasteiger partial charge is 0.252 e. The molecule has 0 fully saturated rings. The molecular weight excluding hydrogens is 256 g/mol. The second-order valence-corrected chi connectivity index (χ2v) is 4.93. The number of rotatable bonds is 5.